The predicted octanol–water partition coefficient (Wildman–Crippen LogP) is 5.01. The third-order valence-electron chi connectivity index (χ3n) is 3.15. The van der Waals surface area contributed by atoms with Crippen molar-refractivity contribution in [3.63, 3.8) is 0 Å². The topological polar surface area (TPSA) is 75.6 Å². The molecule has 0 radical (unpaired) electrons. The van der Waals surface area contributed by atoms with E-state index in [1.54, 1.807) is 18.2 Å². The van der Waals surface area contributed by atoms with E-state index in [4.69, 9.17) is 44.6 Å². The molecule has 0 saturated carbocycles. The van der Waals surface area contributed by atoms with Crippen LogP contribution in [0.2, 0.25) is 15.1 Å². The molecule has 0 fully saturated rings. The van der Waals surface area contributed by atoms with Crippen LogP contribution in [0.15, 0.2) is 36.4 Å². The number of ether oxygens (including phenoxy) is 1. The summed E-state index contributed by atoms with van der Waals surface area (Å²) < 4.78 is 5.00. The molecule has 0 unspecified atom stereocenters. The van der Waals surface area contributed by atoms with Crippen LogP contribution in [-0.4, -0.2) is 24.1 Å². The molecule has 2 rings (SSSR count). The standard InChI is InChI=1S/C17H12Cl3NO4/c1-25-15-8-14(13(20)7-11(15)17(23)24)21-16(22)5-3-9-2-4-10(18)6-12(9)19/h2-8H,1H3,(H,21,22)(H,23,24)/b5-3+. The molecule has 1 amide bonds. The van der Waals surface area contributed by atoms with E-state index in [0.29, 0.717) is 15.6 Å². The maximum atomic E-state index is 12.1. The van der Waals surface area contributed by atoms with Crippen molar-refractivity contribution in [1.82, 2.24) is 0 Å². The summed E-state index contributed by atoms with van der Waals surface area (Å²) in [5.74, 6) is -1.58. The maximum absolute atomic E-state index is 12.1. The van der Waals surface area contributed by atoms with Crippen molar-refractivity contribution in [2.24, 2.45) is 0 Å². The fourth-order valence-corrected chi connectivity index (χ4v) is 2.64. The van der Waals surface area contributed by atoms with Gasteiger partial charge in [0, 0.05) is 22.2 Å². The number of carboxylic acids is 1. The average Bonchev–Trinajstić information content (AvgIpc) is 2.55. The number of halogens is 3. The van der Waals surface area contributed by atoms with Crippen molar-refractivity contribution in [3.8, 4) is 5.75 Å². The van der Waals surface area contributed by atoms with E-state index in [1.165, 1.54) is 31.4 Å². The molecule has 0 spiro atoms. The molecule has 2 N–H and O–H groups in total. The van der Waals surface area contributed by atoms with E-state index in [9.17, 15) is 9.59 Å². The number of nitrogens with one attached hydrogen (secondary N) is 1. The largest absolute Gasteiger partial charge is 0.496 e. The van der Waals surface area contributed by atoms with Crippen molar-refractivity contribution >= 4 is 58.4 Å². The van der Waals surface area contributed by atoms with E-state index in [1.807, 2.05) is 0 Å². The number of benzene rings is 2. The lowest BCUT2D eigenvalue weighted by Crippen LogP contribution is -2.09. The monoisotopic (exact) mass is 399 g/mol. The van der Waals surface area contributed by atoms with E-state index in [0.717, 1.165) is 0 Å². The number of anilines is 1. The second-order valence-electron chi connectivity index (χ2n) is 4.83. The van der Waals surface area contributed by atoms with Crippen LogP contribution in [-0.2, 0) is 4.79 Å². The molecule has 8 heteroatoms. The number of hydrogen-bond acceptors (Lipinski definition) is 3. The first-order valence-electron chi connectivity index (χ1n) is 6.86. The highest BCUT2D eigenvalue weighted by Crippen LogP contribution is 2.31. The van der Waals surface area contributed by atoms with Gasteiger partial charge in [-0.1, -0.05) is 40.9 Å². The molecule has 0 aliphatic rings. The number of carbonyl (C=O) groups is 2. The Balaban J connectivity index is 2.20. The van der Waals surface area contributed by atoms with Gasteiger partial charge in [0.25, 0.3) is 0 Å². The van der Waals surface area contributed by atoms with E-state index in [2.05, 4.69) is 5.32 Å². The van der Waals surface area contributed by atoms with Crippen molar-refractivity contribution in [2.45, 2.75) is 0 Å². The lowest BCUT2D eigenvalue weighted by molar-refractivity contribution is -0.111. The Morgan fingerprint density at radius 1 is 1.12 bits per heavy atom. The molecule has 0 aliphatic heterocycles. The van der Waals surface area contributed by atoms with Crippen molar-refractivity contribution in [1.29, 1.82) is 0 Å². The molecule has 0 aromatic heterocycles. The minimum atomic E-state index is -1.19. The Morgan fingerprint density at radius 3 is 2.44 bits per heavy atom. The number of aromatic carboxylic acids is 1. The Bertz CT molecular complexity index is 865. The quantitative estimate of drug-likeness (QED) is 0.692. The van der Waals surface area contributed by atoms with Crippen molar-refractivity contribution in [2.75, 3.05) is 12.4 Å². The molecule has 25 heavy (non-hydrogen) atoms. The minimum absolute atomic E-state index is 0.0736. The highest BCUT2D eigenvalue weighted by atomic mass is 35.5. The van der Waals surface area contributed by atoms with Gasteiger partial charge in [0.2, 0.25) is 5.91 Å². The number of amides is 1. The fourth-order valence-electron chi connectivity index (χ4n) is 1.96. The highest BCUT2D eigenvalue weighted by Gasteiger charge is 2.15. The summed E-state index contributed by atoms with van der Waals surface area (Å²) in [5.41, 5.74) is 0.737. The van der Waals surface area contributed by atoms with E-state index in [-0.39, 0.29) is 22.0 Å². The van der Waals surface area contributed by atoms with Crippen LogP contribution in [0.1, 0.15) is 15.9 Å². The first-order chi connectivity index (χ1) is 11.8. The molecule has 2 aromatic carbocycles. The second kappa shape index (κ2) is 8.25. The number of hydrogen-bond donors (Lipinski definition) is 2. The fraction of sp³-hybridized carbons (Fsp3) is 0.0588. The van der Waals surface area contributed by atoms with Gasteiger partial charge >= 0.3 is 5.97 Å². The van der Waals surface area contributed by atoms with Crippen molar-refractivity contribution < 1.29 is 19.4 Å². The first kappa shape index (κ1) is 19.1. The SMILES string of the molecule is COc1cc(NC(=O)/C=C/c2ccc(Cl)cc2Cl)c(Cl)cc1C(=O)O. The third kappa shape index (κ3) is 4.89. The van der Waals surface area contributed by atoms with E-state index < -0.39 is 11.9 Å². The van der Waals surface area contributed by atoms with Gasteiger partial charge in [-0.3, -0.25) is 4.79 Å². The zero-order chi connectivity index (χ0) is 18.6. The average molecular weight is 401 g/mol. The summed E-state index contributed by atoms with van der Waals surface area (Å²) in [5, 5.41) is 12.6. The highest BCUT2D eigenvalue weighted by molar-refractivity contribution is 6.36. The summed E-state index contributed by atoms with van der Waals surface area (Å²) in [7, 11) is 1.32. The molecule has 130 valence electrons. The van der Waals surface area contributed by atoms with Gasteiger partial charge in [0.05, 0.1) is 17.8 Å². The summed E-state index contributed by atoms with van der Waals surface area (Å²) in [4.78, 5) is 23.2. The van der Waals surface area contributed by atoms with Crippen LogP contribution < -0.4 is 10.1 Å². The number of methoxy groups -OCH3 is 1. The van der Waals surface area contributed by atoms with E-state index >= 15 is 0 Å². The van der Waals surface area contributed by atoms with Crippen LogP contribution in [0.3, 0.4) is 0 Å². The Morgan fingerprint density at radius 2 is 1.84 bits per heavy atom. The predicted molar refractivity (Wildman–Crippen MR) is 99.1 cm³/mol. The lowest BCUT2D eigenvalue weighted by atomic mass is 10.1. The van der Waals surface area contributed by atoms with Crippen LogP contribution in [0.25, 0.3) is 6.08 Å². The zero-order valence-corrected chi connectivity index (χ0v) is 15.1. The van der Waals surface area contributed by atoms with Crippen LogP contribution in [0, 0.1) is 0 Å². The number of carboxylic acid groups (broad SMARTS) is 1. The summed E-state index contributed by atoms with van der Waals surface area (Å²) >= 11 is 17.8. The zero-order valence-electron chi connectivity index (χ0n) is 12.8. The summed E-state index contributed by atoms with van der Waals surface area (Å²) in [6.45, 7) is 0. The van der Waals surface area contributed by atoms with Gasteiger partial charge < -0.3 is 15.2 Å². The molecule has 2 aromatic rings. The summed E-state index contributed by atoms with van der Waals surface area (Å²) in [6.07, 6.45) is 2.79. The molecular weight excluding hydrogens is 389 g/mol. The molecule has 0 atom stereocenters. The molecule has 0 saturated heterocycles. The second-order valence-corrected chi connectivity index (χ2v) is 6.08. The molecule has 5 nitrogen and oxygen atoms in total. The van der Waals surface area contributed by atoms with Gasteiger partial charge in [-0.05, 0) is 29.8 Å². The molecule has 0 aliphatic carbocycles. The van der Waals surface area contributed by atoms with Crippen LogP contribution >= 0.6 is 34.8 Å². The summed E-state index contributed by atoms with van der Waals surface area (Å²) in [6, 6.07) is 7.43. The Hall–Kier alpha value is -2.21. The molecular formula is C17H12Cl3NO4. The maximum Gasteiger partial charge on any atom is 0.339 e. The Labute approximate surface area is 158 Å². The lowest BCUT2D eigenvalue weighted by Gasteiger charge is -2.10. The van der Waals surface area contributed by atoms with Crippen LogP contribution in [0.5, 0.6) is 5.75 Å². The number of carbonyl (C=O) groups excluding carboxylic acids is 1. The van der Waals surface area contributed by atoms with Gasteiger partial charge in [0.1, 0.15) is 11.3 Å². The van der Waals surface area contributed by atoms with Crippen LogP contribution in [0.4, 0.5) is 5.69 Å². The van der Waals surface area contributed by atoms with Crippen molar-refractivity contribution in [3.05, 3.63) is 62.6 Å². The van der Waals surface area contributed by atoms with Gasteiger partial charge in [-0.2, -0.15) is 0 Å². The normalized spacial score (nSPS) is 10.7. The number of rotatable bonds is 5. The molecule has 0 bridgehead atoms. The van der Waals surface area contributed by atoms with Gasteiger partial charge in [0.15, 0.2) is 0 Å². The Kier molecular flexibility index (Phi) is 6.31. The van der Waals surface area contributed by atoms with Gasteiger partial charge in [-0.15, -0.1) is 0 Å². The minimum Gasteiger partial charge on any atom is -0.496 e. The third-order valence-corrected chi connectivity index (χ3v) is 4.03. The molecule has 0 heterocycles. The van der Waals surface area contributed by atoms with Gasteiger partial charge in [-0.25, -0.2) is 4.79 Å². The first-order valence-corrected chi connectivity index (χ1v) is 8.00. The smallest absolute Gasteiger partial charge is 0.339 e.